The Morgan fingerprint density at radius 2 is 2.47 bits per heavy atom. The van der Waals surface area contributed by atoms with Crippen LogP contribution < -0.4 is 5.32 Å². The molecule has 2 aromatic rings. The van der Waals surface area contributed by atoms with Crippen LogP contribution in [0, 0.1) is 0 Å². The summed E-state index contributed by atoms with van der Waals surface area (Å²) in [6.45, 7) is 2.32. The number of imidazole rings is 1. The number of rotatable bonds is 1. The smallest absolute Gasteiger partial charge is 0.126 e. The zero-order chi connectivity index (χ0) is 10.1. The Balaban J connectivity index is 1.96. The van der Waals surface area contributed by atoms with Crippen LogP contribution in [0.4, 0.5) is 0 Å². The van der Waals surface area contributed by atoms with Crippen molar-refractivity contribution in [2.75, 3.05) is 19.8 Å². The zero-order valence-corrected chi connectivity index (χ0v) is 8.23. The second-order valence-electron chi connectivity index (χ2n) is 3.60. The first kappa shape index (κ1) is 8.82. The molecule has 78 valence electrons. The molecule has 1 unspecified atom stereocenters. The van der Waals surface area contributed by atoms with E-state index in [2.05, 4.69) is 20.3 Å². The van der Waals surface area contributed by atoms with Crippen molar-refractivity contribution < 1.29 is 4.74 Å². The standard InChI is InChI=1S/C10H12N4O/c1-2-11-5-8-7(1)13-10(14-8)9-6-15-4-3-12-9/h1-2,5,9,12H,3-4,6H2,(H,13,14). The van der Waals surface area contributed by atoms with E-state index in [0.717, 1.165) is 30.0 Å². The van der Waals surface area contributed by atoms with Crippen molar-refractivity contribution in [1.29, 1.82) is 0 Å². The number of morpholine rings is 1. The summed E-state index contributed by atoms with van der Waals surface area (Å²) in [5.74, 6) is 0.928. The van der Waals surface area contributed by atoms with Crippen LogP contribution in [0.1, 0.15) is 11.9 Å². The Hall–Kier alpha value is -1.46. The molecule has 0 amide bonds. The summed E-state index contributed by atoms with van der Waals surface area (Å²) in [6.07, 6.45) is 3.53. The van der Waals surface area contributed by atoms with Crippen LogP contribution in [0.3, 0.4) is 0 Å². The maximum atomic E-state index is 5.39. The van der Waals surface area contributed by atoms with Crippen LogP contribution in [0.5, 0.6) is 0 Å². The molecule has 0 spiro atoms. The Labute approximate surface area is 86.9 Å². The van der Waals surface area contributed by atoms with Gasteiger partial charge in [-0.1, -0.05) is 0 Å². The van der Waals surface area contributed by atoms with Crippen molar-refractivity contribution in [2.45, 2.75) is 6.04 Å². The molecule has 0 radical (unpaired) electrons. The van der Waals surface area contributed by atoms with Crippen LogP contribution >= 0.6 is 0 Å². The minimum atomic E-state index is 0.172. The maximum Gasteiger partial charge on any atom is 0.126 e. The number of H-pyrrole nitrogens is 1. The largest absolute Gasteiger partial charge is 0.378 e. The van der Waals surface area contributed by atoms with Gasteiger partial charge in [-0.05, 0) is 6.07 Å². The molecule has 1 atom stereocenters. The van der Waals surface area contributed by atoms with Crippen molar-refractivity contribution in [3.05, 3.63) is 24.3 Å². The van der Waals surface area contributed by atoms with E-state index in [1.54, 1.807) is 12.4 Å². The number of nitrogens with one attached hydrogen (secondary N) is 2. The first-order chi connectivity index (χ1) is 7.43. The van der Waals surface area contributed by atoms with E-state index in [4.69, 9.17) is 4.74 Å². The molecule has 0 saturated carbocycles. The maximum absolute atomic E-state index is 5.39. The van der Waals surface area contributed by atoms with Crippen LogP contribution in [0.2, 0.25) is 0 Å². The topological polar surface area (TPSA) is 62.8 Å². The minimum Gasteiger partial charge on any atom is -0.378 e. The monoisotopic (exact) mass is 204 g/mol. The number of ether oxygens (including phenoxy) is 1. The van der Waals surface area contributed by atoms with E-state index in [1.165, 1.54) is 0 Å². The number of hydrogen-bond donors (Lipinski definition) is 2. The number of fused-ring (bicyclic) bond motifs is 1. The lowest BCUT2D eigenvalue weighted by Gasteiger charge is -2.21. The molecule has 1 aliphatic heterocycles. The molecule has 5 heteroatoms. The summed E-state index contributed by atoms with van der Waals surface area (Å²) in [5.41, 5.74) is 1.92. The van der Waals surface area contributed by atoms with Crippen LogP contribution in [0.25, 0.3) is 11.0 Å². The fraction of sp³-hybridized carbons (Fsp3) is 0.400. The SMILES string of the molecule is c1cc2nc(C3COCCN3)[nH]c2cn1. The highest BCUT2D eigenvalue weighted by molar-refractivity contribution is 5.73. The lowest BCUT2D eigenvalue weighted by atomic mass is 10.3. The highest BCUT2D eigenvalue weighted by Gasteiger charge is 2.18. The number of aromatic nitrogens is 3. The minimum absolute atomic E-state index is 0.172. The van der Waals surface area contributed by atoms with E-state index in [-0.39, 0.29) is 6.04 Å². The first-order valence-corrected chi connectivity index (χ1v) is 5.04. The average molecular weight is 204 g/mol. The lowest BCUT2D eigenvalue weighted by molar-refractivity contribution is 0.0746. The van der Waals surface area contributed by atoms with Crippen molar-refractivity contribution in [3.63, 3.8) is 0 Å². The van der Waals surface area contributed by atoms with Gasteiger partial charge in [0.2, 0.25) is 0 Å². The fourth-order valence-electron chi connectivity index (χ4n) is 1.78. The van der Waals surface area contributed by atoms with Gasteiger partial charge in [-0.25, -0.2) is 4.98 Å². The summed E-state index contributed by atoms with van der Waals surface area (Å²) >= 11 is 0. The fourth-order valence-corrected chi connectivity index (χ4v) is 1.78. The number of pyridine rings is 1. The molecule has 0 aliphatic carbocycles. The zero-order valence-electron chi connectivity index (χ0n) is 8.23. The summed E-state index contributed by atoms with van der Waals surface area (Å²) < 4.78 is 5.39. The molecule has 0 aromatic carbocycles. The third kappa shape index (κ3) is 1.60. The average Bonchev–Trinajstić information content (AvgIpc) is 2.74. The lowest BCUT2D eigenvalue weighted by Crippen LogP contribution is -2.35. The molecule has 1 fully saturated rings. The summed E-state index contributed by atoms with van der Waals surface area (Å²) in [6, 6.07) is 2.07. The van der Waals surface area contributed by atoms with E-state index < -0.39 is 0 Å². The van der Waals surface area contributed by atoms with Gasteiger partial charge in [-0.3, -0.25) is 4.98 Å². The molecule has 3 heterocycles. The Bertz CT molecular complexity index is 428. The highest BCUT2D eigenvalue weighted by atomic mass is 16.5. The molecular weight excluding hydrogens is 192 g/mol. The van der Waals surface area contributed by atoms with E-state index in [1.807, 2.05) is 6.07 Å². The summed E-state index contributed by atoms with van der Waals surface area (Å²) in [5, 5.41) is 3.36. The second-order valence-corrected chi connectivity index (χ2v) is 3.60. The van der Waals surface area contributed by atoms with Gasteiger partial charge in [0.1, 0.15) is 5.82 Å². The number of nitrogens with zero attached hydrogens (tertiary/aromatic N) is 2. The third-order valence-electron chi connectivity index (χ3n) is 2.55. The second kappa shape index (κ2) is 3.60. The predicted molar refractivity (Wildman–Crippen MR) is 55.5 cm³/mol. The van der Waals surface area contributed by atoms with Gasteiger partial charge in [-0.2, -0.15) is 0 Å². The molecule has 3 rings (SSSR count). The van der Waals surface area contributed by atoms with E-state index in [9.17, 15) is 0 Å². The Kier molecular flexibility index (Phi) is 2.12. The van der Waals surface area contributed by atoms with Gasteiger partial charge in [0, 0.05) is 12.7 Å². The van der Waals surface area contributed by atoms with Gasteiger partial charge in [0.25, 0.3) is 0 Å². The van der Waals surface area contributed by atoms with Gasteiger partial charge < -0.3 is 15.0 Å². The highest BCUT2D eigenvalue weighted by Crippen LogP contribution is 2.16. The summed E-state index contributed by atoms with van der Waals surface area (Å²) in [4.78, 5) is 11.8. The van der Waals surface area contributed by atoms with Crippen molar-refractivity contribution in [3.8, 4) is 0 Å². The van der Waals surface area contributed by atoms with Gasteiger partial charge in [-0.15, -0.1) is 0 Å². The Morgan fingerprint density at radius 3 is 3.27 bits per heavy atom. The van der Waals surface area contributed by atoms with E-state index >= 15 is 0 Å². The quantitative estimate of drug-likeness (QED) is 0.714. The molecule has 2 aromatic heterocycles. The summed E-state index contributed by atoms with van der Waals surface area (Å²) in [7, 11) is 0. The molecule has 5 nitrogen and oxygen atoms in total. The first-order valence-electron chi connectivity index (χ1n) is 5.04. The predicted octanol–water partition coefficient (Wildman–Crippen LogP) is 0.619. The molecule has 0 bridgehead atoms. The molecule has 2 N–H and O–H groups in total. The van der Waals surface area contributed by atoms with Gasteiger partial charge >= 0.3 is 0 Å². The molecular formula is C10H12N4O. The third-order valence-corrected chi connectivity index (χ3v) is 2.55. The van der Waals surface area contributed by atoms with Crippen molar-refractivity contribution in [1.82, 2.24) is 20.3 Å². The molecule has 1 saturated heterocycles. The number of hydrogen-bond acceptors (Lipinski definition) is 4. The van der Waals surface area contributed by atoms with Crippen LogP contribution in [0.15, 0.2) is 18.5 Å². The van der Waals surface area contributed by atoms with E-state index in [0.29, 0.717) is 6.61 Å². The van der Waals surface area contributed by atoms with Gasteiger partial charge in [0.15, 0.2) is 0 Å². The van der Waals surface area contributed by atoms with Crippen LogP contribution in [-0.2, 0) is 4.74 Å². The normalized spacial score (nSPS) is 22.0. The van der Waals surface area contributed by atoms with Crippen molar-refractivity contribution >= 4 is 11.0 Å². The van der Waals surface area contributed by atoms with Gasteiger partial charge in [0.05, 0.1) is 36.5 Å². The van der Waals surface area contributed by atoms with Crippen molar-refractivity contribution in [2.24, 2.45) is 0 Å². The number of aromatic amines is 1. The molecule has 1 aliphatic rings. The van der Waals surface area contributed by atoms with Crippen LogP contribution in [-0.4, -0.2) is 34.7 Å². The molecule has 15 heavy (non-hydrogen) atoms. The Morgan fingerprint density at radius 1 is 1.47 bits per heavy atom.